The zero-order chi connectivity index (χ0) is 18.6. The zero-order valence-electron chi connectivity index (χ0n) is 16.3. The Morgan fingerprint density at radius 1 is 1.40 bits per heavy atom. The molecule has 2 heterocycles. The highest BCUT2D eigenvalue weighted by atomic mass is 16.2. The summed E-state index contributed by atoms with van der Waals surface area (Å²) in [5.41, 5.74) is -0.247. The molecule has 0 atom stereocenters. The van der Waals surface area contributed by atoms with E-state index in [4.69, 9.17) is 4.99 Å². The second-order valence-corrected chi connectivity index (χ2v) is 7.23. The number of aromatic nitrogens is 3. The molecule has 8 nitrogen and oxygen atoms in total. The first-order valence-corrected chi connectivity index (χ1v) is 9.02. The van der Waals surface area contributed by atoms with E-state index in [2.05, 4.69) is 43.2 Å². The first-order chi connectivity index (χ1) is 11.8. The second kappa shape index (κ2) is 7.84. The Hall–Kier alpha value is -2.12. The number of aryl methyl sites for hydroxylation is 1. The fourth-order valence-corrected chi connectivity index (χ4v) is 3.55. The van der Waals surface area contributed by atoms with Gasteiger partial charge in [-0.2, -0.15) is 0 Å². The number of hydrogen-bond donors (Lipinski definition) is 1. The van der Waals surface area contributed by atoms with Gasteiger partial charge in [-0.1, -0.05) is 0 Å². The van der Waals surface area contributed by atoms with Gasteiger partial charge in [-0.3, -0.25) is 4.79 Å². The summed E-state index contributed by atoms with van der Waals surface area (Å²) in [5.74, 6) is 1.70. The third-order valence-electron chi connectivity index (χ3n) is 4.38. The van der Waals surface area contributed by atoms with Crippen LogP contribution in [0.5, 0.6) is 0 Å². The maximum absolute atomic E-state index is 12.7. The van der Waals surface area contributed by atoms with Gasteiger partial charge in [0.2, 0.25) is 5.91 Å². The van der Waals surface area contributed by atoms with Gasteiger partial charge in [0.25, 0.3) is 0 Å². The Morgan fingerprint density at radius 2 is 2.12 bits per heavy atom. The molecule has 0 aromatic carbocycles. The van der Waals surface area contributed by atoms with Crippen molar-refractivity contribution in [3.05, 3.63) is 12.2 Å². The molecule has 0 saturated carbocycles. The quantitative estimate of drug-likeness (QED) is 0.636. The molecular formula is C17H31N7O. The molecule has 1 aromatic heterocycles. The van der Waals surface area contributed by atoms with E-state index in [9.17, 15) is 4.79 Å². The average molecular weight is 349 g/mol. The summed E-state index contributed by atoms with van der Waals surface area (Å²) in [6, 6.07) is 0.187. The average Bonchev–Trinajstić information content (AvgIpc) is 2.96. The number of carbonyl (C=O) groups excluding carboxylic acids is 1. The SMILES string of the molecule is CCNC(=NCc1nncn1CC)N1CC(=O)N(C(C)C)C(C)(C)C1. The predicted molar refractivity (Wildman–Crippen MR) is 98.1 cm³/mol. The molecule has 1 aliphatic rings. The van der Waals surface area contributed by atoms with E-state index in [0.29, 0.717) is 13.1 Å². The van der Waals surface area contributed by atoms with Gasteiger partial charge >= 0.3 is 0 Å². The van der Waals surface area contributed by atoms with Crippen molar-refractivity contribution in [1.82, 2.24) is 29.9 Å². The Morgan fingerprint density at radius 3 is 2.68 bits per heavy atom. The molecule has 8 heteroatoms. The molecule has 1 fully saturated rings. The van der Waals surface area contributed by atoms with Gasteiger partial charge in [0.1, 0.15) is 12.9 Å². The molecule has 2 rings (SSSR count). The summed E-state index contributed by atoms with van der Waals surface area (Å²) in [5, 5.41) is 11.4. The first-order valence-electron chi connectivity index (χ1n) is 9.02. The first kappa shape index (κ1) is 19.2. The minimum Gasteiger partial charge on any atom is -0.356 e. The van der Waals surface area contributed by atoms with Crippen molar-refractivity contribution < 1.29 is 4.79 Å². The van der Waals surface area contributed by atoms with E-state index < -0.39 is 0 Å². The van der Waals surface area contributed by atoms with Gasteiger partial charge in [0.05, 0.1) is 12.1 Å². The van der Waals surface area contributed by atoms with E-state index in [1.54, 1.807) is 6.33 Å². The molecule has 0 bridgehead atoms. The third-order valence-corrected chi connectivity index (χ3v) is 4.38. The number of aliphatic imine (C=N–C) groups is 1. The highest BCUT2D eigenvalue weighted by molar-refractivity contribution is 5.88. The number of amides is 1. The molecule has 1 N–H and O–H groups in total. The van der Waals surface area contributed by atoms with Crippen LogP contribution < -0.4 is 5.32 Å². The maximum Gasteiger partial charge on any atom is 0.242 e. The molecule has 0 radical (unpaired) electrons. The van der Waals surface area contributed by atoms with Gasteiger partial charge in [0, 0.05) is 25.7 Å². The molecule has 0 aliphatic carbocycles. The van der Waals surface area contributed by atoms with E-state index in [1.807, 2.05) is 28.2 Å². The van der Waals surface area contributed by atoms with Gasteiger partial charge in [-0.25, -0.2) is 4.99 Å². The van der Waals surface area contributed by atoms with Crippen molar-refractivity contribution in [1.29, 1.82) is 0 Å². The zero-order valence-corrected chi connectivity index (χ0v) is 16.3. The van der Waals surface area contributed by atoms with Crippen LogP contribution in [0.15, 0.2) is 11.3 Å². The number of nitrogens with zero attached hydrogens (tertiary/aromatic N) is 6. The third kappa shape index (κ3) is 4.29. The Labute approximate surface area is 150 Å². The molecule has 1 aliphatic heterocycles. The molecule has 1 saturated heterocycles. The van der Waals surface area contributed by atoms with Crippen molar-refractivity contribution >= 4 is 11.9 Å². The summed E-state index contributed by atoms with van der Waals surface area (Å²) in [6.45, 7) is 15.5. The fourth-order valence-electron chi connectivity index (χ4n) is 3.55. The van der Waals surface area contributed by atoms with Gasteiger partial charge in [0.15, 0.2) is 11.8 Å². The van der Waals surface area contributed by atoms with Crippen molar-refractivity contribution in [3.63, 3.8) is 0 Å². The summed E-state index contributed by atoms with van der Waals surface area (Å²) in [7, 11) is 0. The van der Waals surface area contributed by atoms with Gasteiger partial charge < -0.3 is 19.7 Å². The summed E-state index contributed by atoms with van der Waals surface area (Å²) in [4.78, 5) is 21.4. The van der Waals surface area contributed by atoms with Crippen molar-refractivity contribution in [2.75, 3.05) is 19.6 Å². The predicted octanol–water partition coefficient (Wildman–Crippen LogP) is 1.09. The molecular weight excluding hydrogens is 318 g/mol. The fraction of sp³-hybridized carbons (Fsp3) is 0.765. The van der Waals surface area contributed by atoms with Gasteiger partial charge in [-0.05, 0) is 41.5 Å². The minimum absolute atomic E-state index is 0.133. The van der Waals surface area contributed by atoms with Crippen molar-refractivity contribution in [2.45, 2.75) is 66.2 Å². The number of hydrogen-bond acceptors (Lipinski definition) is 4. The largest absolute Gasteiger partial charge is 0.356 e. The lowest BCUT2D eigenvalue weighted by molar-refractivity contribution is -0.145. The van der Waals surface area contributed by atoms with Crippen LogP contribution in [-0.2, 0) is 17.9 Å². The van der Waals surface area contributed by atoms with Gasteiger partial charge in [-0.15, -0.1) is 10.2 Å². The Kier molecular flexibility index (Phi) is 6.02. The highest BCUT2D eigenvalue weighted by Gasteiger charge is 2.40. The number of carbonyl (C=O) groups is 1. The van der Waals surface area contributed by atoms with Crippen molar-refractivity contribution in [2.24, 2.45) is 4.99 Å². The van der Waals surface area contributed by atoms with E-state index >= 15 is 0 Å². The summed E-state index contributed by atoms with van der Waals surface area (Å²) >= 11 is 0. The number of guanidine groups is 1. The molecule has 1 amide bonds. The second-order valence-electron chi connectivity index (χ2n) is 7.23. The van der Waals surface area contributed by atoms with Crippen molar-refractivity contribution in [3.8, 4) is 0 Å². The van der Waals surface area contributed by atoms with Crippen LogP contribution in [0.4, 0.5) is 0 Å². The van der Waals surface area contributed by atoms with E-state index in [0.717, 1.165) is 31.4 Å². The smallest absolute Gasteiger partial charge is 0.242 e. The normalized spacial score (nSPS) is 18.2. The number of rotatable bonds is 5. The molecule has 140 valence electrons. The van der Waals surface area contributed by atoms with Crippen LogP contribution in [-0.4, -0.2) is 67.6 Å². The maximum atomic E-state index is 12.7. The van der Waals surface area contributed by atoms with Crippen LogP contribution in [0.1, 0.15) is 47.4 Å². The number of nitrogens with one attached hydrogen (secondary N) is 1. The molecule has 25 heavy (non-hydrogen) atoms. The molecule has 1 aromatic rings. The summed E-state index contributed by atoms with van der Waals surface area (Å²) < 4.78 is 1.97. The lowest BCUT2D eigenvalue weighted by Gasteiger charge is -2.49. The minimum atomic E-state index is -0.247. The van der Waals surface area contributed by atoms with Crippen LogP contribution in [0.3, 0.4) is 0 Å². The van der Waals surface area contributed by atoms with E-state index in [1.165, 1.54) is 0 Å². The molecule has 0 spiro atoms. The van der Waals surface area contributed by atoms with Crippen LogP contribution in [0.25, 0.3) is 0 Å². The summed E-state index contributed by atoms with van der Waals surface area (Å²) in [6.07, 6.45) is 1.71. The standard InChI is InChI=1S/C17H31N7O/c1-7-18-16(19-9-14-21-20-12-22(14)8-2)23-10-15(25)24(13(3)4)17(5,6)11-23/h12-13H,7-11H2,1-6H3,(H,18,19). The van der Waals surface area contributed by atoms with Crippen LogP contribution >= 0.6 is 0 Å². The monoisotopic (exact) mass is 349 g/mol. The van der Waals surface area contributed by atoms with Crippen LogP contribution in [0, 0.1) is 0 Å². The number of piperazine rings is 1. The topological polar surface area (TPSA) is 78.6 Å². The van der Waals surface area contributed by atoms with Crippen LogP contribution in [0.2, 0.25) is 0 Å². The molecule has 0 unspecified atom stereocenters. The lowest BCUT2D eigenvalue weighted by Crippen LogP contribution is -2.66. The Bertz CT molecular complexity index is 620. The lowest BCUT2D eigenvalue weighted by atomic mass is 9.96. The Balaban J connectivity index is 2.20. The highest BCUT2D eigenvalue weighted by Crippen LogP contribution is 2.24. The van der Waals surface area contributed by atoms with E-state index in [-0.39, 0.29) is 17.5 Å².